The summed E-state index contributed by atoms with van der Waals surface area (Å²) in [5, 5.41) is 38.5. The van der Waals surface area contributed by atoms with E-state index in [-0.39, 0.29) is 12.3 Å². The van der Waals surface area contributed by atoms with E-state index in [1.54, 1.807) is 6.92 Å². The Morgan fingerprint density at radius 1 is 1.12 bits per heavy atom. The van der Waals surface area contributed by atoms with Gasteiger partial charge in [0, 0.05) is 13.0 Å². The molecule has 0 aromatic carbocycles. The average Bonchev–Trinajstić information content (AvgIpc) is 2.52. The number of aliphatic hydroxyl groups is 3. The van der Waals surface area contributed by atoms with Gasteiger partial charge in [0.1, 0.15) is 18.3 Å². The number of piperidine rings is 1. The third kappa shape index (κ3) is 5.00. The van der Waals surface area contributed by atoms with Gasteiger partial charge in [0.05, 0.1) is 12.2 Å². The largest absolute Gasteiger partial charge is 0.481 e. The number of likely N-dealkylation sites (tertiary alicyclic amines) is 1. The van der Waals surface area contributed by atoms with Gasteiger partial charge < -0.3 is 25.2 Å². The summed E-state index contributed by atoms with van der Waals surface area (Å²) in [5.74, 6) is -0.496. The molecule has 0 radical (unpaired) electrons. The van der Waals surface area contributed by atoms with Gasteiger partial charge in [-0.05, 0) is 45.2 Å². The van der Waals surface area contributed by atoms with Crippen molar-refractivity contribution in [1.82, 2.24) is 4.90 Å². The predicted octanol–water partition coefficient (Wildman–Crippen LogP) is -0.0106. The highest BCUT2D eigenvalue weighted by molar-refractivity contribution is 5.67. The monoisotopic (exact) mass is 343 g/mol. The summed E-state index contributed by atoms with van der Waals surface area (Å²) in [6.07, 6.45) is -2.15. The summed E-state index contributed by atoms with van der Waals surface area (Å²) in [5.41, 5.74) is 0.895. The molecule has 0 spiro atoms. The van der Waals surface area contributed by atoms with Gasteiger partial charge >= 0.3 is 5.97 Å². The highest BCUT2D eigenvalue weighted by Gasteiger charge is 2.41. The number of aliphatic hydroxyl groups excluding tert-OH is 3. The molecule has 7 heteroatoms. The number of rotatable bonds is 6. The van der Waals surface area contributed by atoms with Gasteiger partial charge in [-0.3, -0.25) is 9.69 Å². The Morgan fingerprint density at radius 2 is 1.75 bits per heavy atom. The average molecular weight is 343 g/mol. The molecule has 2 saturated heterocycles. The van der Waals surface area contributed by atoms with Crippen molar-refractivity contribution in [2.45, 2.75) is 63.1 Å². The topological polar surface area (TPSA) is 110 Å². The minimum Gasteiger partial charge on any atom is -0.481 e. The minimum atomic E-state index is -1.21. The zero-order valence-corrected chi connectivity index (χ0v) is 14.2. The zero-order chi connectivity index (χ0) is 17.9. The molecule has 0 aromatic rings. The first-order valence-electron chi connectivity index (χ1n) is 8.58. The number of ether oxygens (including phenoxy) is 1. The lowest BCUT2D eigenvalue weighted by Crippen LogP contribution is -2.56. The van der Waals surface area contributed by atoms with E-state index in [1.807, 2.05) is 0 Å². The molecular formula is C17H29NO6. The second kappa shape index (κ2) is 8.40. The van der Waals surface area contributed by atoms with Gasteiger partial charge in [0.25, 0.3) is 0 Å². The number of hydrogen-bond acceptors (Lipinski definition) is 6. The number of carbonyl (C=O) groups is 1. The van der Waals surface area contributed by atoms with E-state index in [0.29, 0.717) is 13.0 Å². The van der Waals surface area contributed by atoms with Crippen LogP contribution in [0, 0.1) is 5.92 Å². The van der Waals surface area contributed by atoms with E-state index in [2.05, 4.69) is 11.5 Å². The Labute approximate surface area is 142 Å². The quantitative estimate of drug-likeness (QED) is 0.502. The molecule has 0 aromatic heterocycles. The normalized spacial score (nSPS) is 35.8. The van der Waals surface area contributed by atoms with Crippen LogP contribution in [0.15, 0.2) is 12.2 Å². The van der Waals surface area contributed by atoms with Gasteiger partial charge in [-0.2, -0.15) is 0 Å². The lowest BCUT2D eigenvalue weighted by molar-refractivity contribution is -0.216. The number of aliphatic carboxylic acids is 1. The number of nitrogens with zero attached hydrogens (tertiary/aromatic N) is 1. The summed E-state index contributed by atoms with van der Waals surface area (Å²) in [6.45, 7) is 8.05. The Hall–Kier alpha value is -0.990. The highest BCUT2D eigenvalue weighted by Crippen LogP contribution is 2.26. The number of carboxylic acid groups (broad SMARTS) is 1. The molecule has 5 atom stereocenters. The lowest BCUT2D eigenvalue weighted by atomic mass is 9.91. The lowest BCUT2D eigenvalue weighted by Gasteiger charge is -2.40. The van der Waals surface area contributed by atoms with Crippen LogP contribution in [0.5, 0.6) is 0 Å². The second-order valence-corrected chi connectivity index (χ2v) is 7.12. The fourth-order valence-electron chi connectivity index (χ4n) is 3.57. The standard InChI is InChI=1S/C17H29NO6/c1-10(7-13-16(22)17(23)15(21)11(2)24-13)9-18-5-3-12(4-6-18)8-14(19)20/h11-13,15-17,21-23H,1,3-9H2,2H3,(H,19,20)/t11?,13-,15?,16+,17?/m0/s1. The van der Waals surface area contributed by atoms with Crippen LogP contribution in [0.1, 0.15) is 32.6 Å². The molecule has 2 rings (SSSR count). The molecule has 0 amide bonds. The molecule has 2 aliphatic rings. The molecule has 0 saturated carbocycles. The summed E-state index contributed by atoms with van der Waals surface area (Å²) < 4.78 is 5.60. The van der Waals surface area contributed by atoms with E-state index in [4.69, 9.17) is 9.84 Å². The van der Waals surface area contributed by atoms with Crippen LogP contribution in [-0.2, 0) is 9.53 Å². The van der Waals surface area contributed by atoms with Gasteiger partial charge in [-0.1, -0.05) is 12.2 Å². The predicted molar refractivity (Wildman–Crippen MR) is 87.5 cm³/mol. The van der Waals surface area contributed by atoms with Crippen LogP contribution in [0.3, 0.4) is 0 Å². The van der Waals surface area contributed by atoms with Gasteiger partial charge in [-0.25, -0.2) is 0 Å². The van der Waals surface area contributed by atoms with Crippen LogP contribution in [0.25, 0.3) is 0 Å². The van der Waals surface area contributed by atoms with Gasteiger partial charge in [-0.15, -0.1) is 0 Å². The maximum absolute atomic E-state index is 10.8. The highest BCUT2D eigenvalue weighted by atomic mass is 16.5. The Kier molecular flexibility index (Phi) is 6.77. The Morgan fingerprint density at radius 3 is 2.33 bits per heavy atom. The SMILES string of the molecule is C=C(C[C@@H]1OC(C)C(O)C(O)[C@@H]1O)CN1CCC(CC(=O)O)CC1. The molecule has 7 nitrogen and oxygen atoms in total. The molecule has 0 aliphatic carbocycles. The molecule has 2 aliphatic heterocycles. The molecule has 138 valence electrons. The maximum Gasteiger partial charge on any atom is 0.303 e. The van der Waals surface area contributed by atoms with E-state index in [9.17, 15) is 20.1 Å². The van der Waals surface area contributed by atoms with Crippen molar-refractivity contribution in [2.75, 3.05) is 19.6 Å². The van der Waals surface area contributed by atoms with E-state index < -0.39 is 36.5 Å². The fourth-order valence-corrected chi connectivity index (χ4v) is 3.57. The molecule has 24 heavy (non-hydrogen) atoms. The van der Waals surface area contributed by atoms with E-state index >= 15 is 0 Å². The molecular weight excluding hydrogens is 314 g/mol. The van der Waals surface area contributed by atoms with Crippen molar-refractivity contribution in [1.29, 1.82) is 0 Å². The van der Waals surface area contributed by atoms with Crippen LogP contribution in [-0.4, -0.2) is 81.4 Å². The Bertz CT molecular complexity index is 448. The van der Waals surface area contributed by atoms with Crippen molar-refractivity contribution in [3.63, 3.8) is 0 Å². The van der Waals surface area contributed by atoms with Gasteiger partial charge in [0.2, 0.25) is 0 Å². The molecule has 0 bridgehead atoms. The third-order valence-corrected chi connectivity index (χ3v) is 5.06. The zero-order valence-electron chi connectivity index (χ0n) is 14.2. The fraction of sp³-hybridized carbons (Fsp3) is 0.824. The molecule has 3 unspecified atom stereocenters. The van der Waals surface area contributed by atoms with Crippen LogP contribution < -0.4 is 0 Å². The molecule has 2 fully saturated rings. The minimum absolute atomic E-state index is 0.231. The van der Waals surface area contributed by atoms with Crippen LogP contribution in [0.2, 0.25) is 0 Å². The summed E-state index contributed by atoms with van der Waals surface area (Å²) in [4.78, 5) is 13.0. The Balaban J connectivity index is 1.76. The van der Waals surface area contributed by atoms with Crippen molar-refractivity contribution in [2.24, 2.45) is 5.92 Å². The summed E-state index contributed by atoms with van der Waals surface area (Å²) in [7, 11) is 0. The second-order valence-electron chi connectivity index (χ2n) is 7.12. The first-order chi connectivity index (χ1) is 11.3. The van der Waals surface area contributed by atoms with E-state index in [1.165, 1.54) is 0 Å². The van der Waals surface area contributed by atoms with Crippen LogP contribution >= 0.6 is 0 Å². The van der Waals surface area contributed by atoms with Crippen LogP contribution in [0.4, 0.5) is 0 Å². The van der Waals surface area contributed by atoms with Crippen molar-refractivity contribution >= 4 is 5.97 Å². The van der Waals surface area contributed by atoms with Crippen molar-refractivity contribution < 1.29 is 30.0 Å². The van der Waals surface area contributed by atoms with Crippen molar-refractivity contribution in [3.8, 4) is 0 Å². The summed E-state index contributed by atoms with van der Waals surface area (Å²) in [6, 6.07) is 0. The third-order valence-electron chi connectivity index (χ3n) is 5.06. The van der Waals surface area contributed by atoms with Gasteiger partial charge in [0.15, 0.2) is 0 Å². The molecule has 2 heterocycles. The first kappa shape index (κ1) is 19.3. The summed E-state index contributed by atoms with van der Waals surface area (Å²) >= 11 is 0. The molecule has 4 N–H and O–H groups in total. The maximum atomic E-state index is 10.8. The number of hydrogen-bond donors (Lipinski definition) is 4. The smallest absolute Gasteiger partial charge is 0.303 e. The number of carboxylic acids is 1. The van der Waals surface area contributed by atoms with Crippen molar-refractivity contribution in [3.05, 3.63) is 12.2 Å². The first-order valence-corrected chi connectivity index (χ1v) is 8.58. The van der Waals surface area contributed by atoms with E-state index in [0.717, 1.165) is 31.5 Å².